The average molecular weight is 386 g/mol. The lowest BCUT2D eigenvalue weighted by Crippen LogP contribution is -2.40. The molecule has 0 bridgehead atoms. The number of carbonyl (C=O) groups is 2. The summed E-state index contributed by atoms with van der Waals surface area (Å²) in [6.45, 7) is 0.680. The molecule has 0 N–H and O–H groups in total. The summed E-state index contributed by atoms with van der Waals surface area (Å²) >= 11 is 1.06. The molecule has 3 rings (SSSR count). The first-order valence-corrected chi connectivity index (χ1v) is 10.5. The smallest absolute Gasteiger partial charge is 0.349 e. The van der Waals surface area contributed by atoms with E-state index < -0.39 is 16.0 Å². The third-order valence-corrected chi connectivity index (χ3v) is 8.33. The lowest BCUT2D eigenvalue weighted by Gasteiger charge is -2.31. The third kappa shape index (κ3) is 3.20. The van der Waals surface area contributed by atoms with Crippen molar-refractivity contribution < 1.29 is 22.7 Å². The van der Waals surface area contributed by atoms with E-state index in [4.69, 9.17) is 0 Å². The fraction of sp³-hybridized carbons (Fsp3) is 0.625. The van der Waals surface area contributed by atoms with Crippen LogP contribution in [0.4, 0.5) is 0 Å². The van der Waals surface area contributed by atoms with Crippen LogP contribution in [0.3, 0.4) is 0 Å². The van der Waals surface area contributed by atoms with Crippen LogP contribution in [0.2, 0.25) is 0 Å². The van der Waals surface area contributed by atoms with Gasteiger partial charge in [-0.1, -0.05) is 0 Å². The summed E-state index contributed by atoms with van der Waals surface area (Å²) in [5, 5.41) is 1.58. The van der Waals surface area contributed by atoms with E-state index >= 15 is 0 Å². The summed E-state index contributed by atoms with van der Waals surface area (Å²) < 4.78 is 32.1. The zero-order chi connectivity index (χ0) is 18.4. The Morgan fingerprint density at radius 3 is 2.72 bits per heavy atom. The lowest BCUT2D eigenvalue weighted by atomic mass is 9.88. The SMILES string of the molecule is COC(=O)c1sccc1S(=O)(=O)N(C)[C@H]1C[C@H]2CC(=O)N(C)C[C@H]2C1. The van der Waals surface area contributed by atoms with Gasteiger partial charge in [0.2, 0.25) is 15.9 Å². The van der Waals surface area contributed by atoms with Crippen molar-refractivity contribution >= 4 is 33.2 Å². The van der Waals surface area contributed by atoms with Crippen LogP contribution in [0.5, 0.6) is 0 Å². The van der Waals surface area contributed by atoms with Crippen molar-refractivity contribution in [1.82, 2.24) is 9.21 Å². The Morgan fingerprint density at radius 1 is 1.36 bits per heavy atom. The molecule has 1 saturated heterocycles. The maximum absolute atomic E-state index is 13.0. The fourth-order valence-electron chi connectivity index (χ4n) is 3.88. The monoisotopic (exact) mass is 386 g/mol. The quantitative estimate of drug-likeness (QED) is 0.731. The number of piperidine rings is 1. The number of ether oxygens (including phenoxy) is 1. The molecule has 1 aliphatic heterocycles. The van der Waals surface area contributed by atoms with E-state index in [0.29, 0.717) is 25.3 Å². The van der Waals surface area contributed by atoms with Crippen molar-refractivity contribution in [3.8, 4) is 0 Å². The van der Waals surface area contributed by atoms with Gasteiger partial charge in [0.25, 0.3) is 0 Å². The number of sulfonamides is 1. The van der Waals surface area contributed by atoms with Crippen LogP contribution in [0, 0.1) is 11.8 Å². The number of esters is 1. The molecule has 1 saturated carbocycles. The van der Waals surface area contributed by atoms with Crippen molar-refractivity contribution in [2.45, 2.75) is 30.2 Å². The van der Waals surface area contributed by atoms with Crippen LogP contribution in [0.15, 0.2) is 16.3 Å². The predicted molar refractivity (Wildman–Crippen MR) is 92.9 cm³/mol. The number of nitrogens with zero attached hydrogens (tertiary/aromatic N) is 2. The van der Waals surface area contributed by atoms with Gasteiger partial charge in [-0.25, -0.2) is 13.2 Å². The van der Waals surface area contributed by atoms with E-state index in [-0.39, 0.29) is 27.6 Å². The summed E-state index contributed by atoms with van der Waals surface area (Å²) in [5.41, 5.74) is 0. The van der Waals surface area contributed by atoms with Crippen LogP contribution in [-0.4, -0.2) is 63.3 Å². The van der Waals surface area contributed by atoms with Crippen LogP contribution in [0.1, 0.15) is 28.9 Å². The van der Waals surface area contributed by atoms with Crippen LogP contribution >= 0.6 is 11.3 Å². The number of hydrogen-bond acceptors (Lipinski definition) is 6. The highest BCUT2D eigenvalue weighted by Gasteiger charge is 2.44. The molecule has 9 heteroatoms. The maximum atomic E-state index is 13.0. The van der Waals surface area contributed by atoms with E-state index in [1.807, 2.05) is 0 Å². The highest BCUT2D eigenvalue weighted by atomic mass is 32.2. The zero-order valence-electron chi connectivity index (χ0n) is 14.5. The van der Waals surface area contributed by atoms with Gasteiger partial charge >= 0.3 is 5.97 Å². The number of thiophene rings is 1. The number of hydrogen-bond donors (Lipinski definition) is 0. The topological polar surface area (TPSA) is 84.0 Å². The molecule has 7 nitrogen and oxygen atoms in total. The summed E-state index contributed by atoms with van der Waals surface area (Å²) in [7, 11) is 0.792. The molecule has 0 aromatic carbocycles. The fourth-order valence-corrected chi connectivity index (χ4v) is 6.56. The highest BCUT2D eigenvalue weighted by Crippen LogP contribution is 2.41. The van der Waals surface area contributed by atoms with Crippen LogP contribution < -0.4 is 0 Å². The summed E-state index contributed by atoms with van der Waals surface area (Å²) in [6, 6.07) is 1.28. The first-order valence-electron chi connectivity index (χ1n) is 8.13. The molecule has 2 aliphatic rings. The van der Waals surface area contributed by atoms with E-state index in [1.54, 1.807) is 24.4 Å². The van der Waals surface area contributed by atoms with E-state index in [2.05, 4.69) is 4.74 Å². The third-order valence-electron chi connectivity index (χ3n) is 5.36. The van der Waals surface area contributed by atoms with Gasteiger partial charge in [0.1, 0.15) is 9.77 Å². The Bertz CT molecular complexity index is 788. The van der Waals surface area contributed by atoms with Crippen molar-refractivity contribution in [3.63, 3.8) is 0 Å². The van der Waals surface area contributed by atoms with Gasteiger partial charge in [0.05, 0.1) is 7.11 Å². The minimum Gasteiger partial charge on any atom is -0.465 e. The molecule has 2 heterocycles. The number of carbonyl (C=O) groups excluding carboxylic acids is 2. The lowest BCUT2D eigenvalue weighted by molar-refractivity contribution is -0.134. The second kappa shape index (κ2) is 6.69. The molecule has 3 atom stereocenters. The van der Waals surface area contributed by atoms with Crippen molar-refractivity contribution in [2.75, 3.05) is 27.7 Å². The number of amides is 1. The van der Waals surface area contributed by atoms with Gasteiger partial charge in [0.15, 0.2) is 0 Å². The Kier molecular flexibility index (Phi) is 4.91. The molecular formula is C16H22N2O5S2. The predicted octanol–water partition coefficient (Wildman–Crippen LogP) is 1.41. The Labute approximate surface area is 151 Å². The first-order chi connectivity index (χ1) is 11.8. The largest absolute Gasteiger partial charge is 0.465 e. The summed E-state index contributed by atoms with van der Waals surface area (Å²) in [4.78, 5) is 25.5. The molecule has 1 aromatic heterocycles. The zero-order valence-corrected chi connectivity index (χ0v) is 16.1. The number of fused-ring (bicyclic) bond motifs is 1. The standard InChI is InChI=1S/C16H22N2O5S2/c1-17-9-11-7-12(6-10(11)8-14(17)19)18(2)25(21,22)13-4-5-24-15(13)16(20)23-3/h4-5,10-12H,6-9H2,1-3H3/t10-,11+,12-/m0/s1. The van der Waals surface area contributed by atoms with Gasteiger partial charge in [0, 0.05) is 33.1 Å². The molecule has 2 fully saturated rings. The van der Waals surface area contributed by atoms with Gasteiger partial charge in [-0.05, 0) is 36.1 Å². The molecule has 0 radical (unpaired) electrons. The second-order valence-electron chi connectivity index (χ2n) is 6.75. The second-order valence-corrected chi connectivity index (χ2v) is 9.63. The molecule has 1 amide bonds. The van der Waals surface area contributed by atoms with Crippen molar-refractivity contribution in [1.29, 1.82) is 0 Å². The summed E-state index contributed by atoms with van der Waals surface area (Å²) in [5.74, 6) is 0.0364. The molecule has 138 valence electrons. The van der Waals surface area contributed by atoms with Crippen LogP contribution in [0.25, 0.3) is 0 Å². The molecule has 1 aliphatic carbocycles. The van der Waals surface area contributed by atoms with Crippen LogP contribution in [-0.2, 0) is 19.6 Å². The average Bonchev–Trinajstić information content (AvgIpc) is 3.21. The van der Waals surface area contributed by atoms with Crippen molar-refractivity contribution in [3.05, 3.63) is 16.3 Å². The molecular weight excluding hydrogens is 364 g/mol. The number of rotatable bonds is 4. The Morgan fingerprint density at radius 2 is 2.04 bits per heavy atom. The van der Waals surface area contributed by atoms with E-state index in [9.17, 15) is 18.0 Å². The van der Waals surface area contributed by atoms with Gasteiger partial charge in [-0.2, -0.15) is 4.31 Å². The molecule has 25 heavy (non-hydrogen) atoms. The minimum absolute atomic E-state index is 0.00471. The van der Waals surface area contributed by atoms with E-state index in [0.717, 1.165) is 17.8 Å². The van der Waals surface area contributed by atoms with Gasteiger partial charge in [-0.3, -0.25) is 4.79 Å². The maximum Gasteiger partial charge on any atom is 0.349 e. The minimum atomic E-state index is -3.79. The Balaban J connectivity index is 1.81. The van der Waals surface area contributed by atoms with Gasteiger partial charge < -0.3 is 9.64 Å². The number of methoxy groups -OCH3 is 1. The van der Waals surface area contributed by atoms with E-state index in [1.165, 1.54) is 17.5 Å². The van der Waals surface area contributed by atoms with Gasteiger partial charge in [-0.15, -0.1) is 11.3 Å². The number of likely N-dealkylation sites (tertiary alicyclic amines) is 1. The highest BCUT2D eigenvalue weighted by molar-refractivity contribution is 7.89. The first kappa shape index (κ1) is 18.3. The molecule has 0 unspecified atom stereocenters. The van der Waals surface area contributed by atoms with Crippen molar-refractivity contribution in [2.24, 2.45) is 11.8 Å². The normalized spacial score (nSPS) is 26.8. The molecule has 0 spiro atoms. The Hall–Kier alpha value is -1.45. The molecule has 1 aromatic rings. The summed E-state index contributed by atoms with van der Waals surface area (Å²) in [6.07, 6.45) is 1.89.